The van der Waals surface area contributed by atoms with Gasteiger partial charge in [0.25, 0.3) is 0 Å². The quantitative estimate of drug-likeness (QED) is 0.218. The van der Waals surface area contributed by atoms with Gasteiger partial charge in [0.1, 0.15) is 0 Å². The lowest BCUT2D eigenvalue weighted by Gasteiger charge is -2.07. The van der Waals surface area contributed by atoms with Crippen molar-refractivity contribution in [2.45, 2.75) is 13.5 Å². The van der Waals surface area contributed by atoms with E-state index in [9.17, 15) is 5.11 Å². The summed E-state index contributed by atoms with van der Waals surface area (Å²) in [5.74, 6) is 0.0185. The van der Waals surface area contributed by atoms with Gasteiger partial charge in [0.15, 0.2) is 5.69 Å². The highest BCUT2D eigenvalue weighted by atomic mass is 79.9. The lowest BCUT2D eigenvalue weighted by atomic mass is 10.2. The highest BCUT2D eigenvalue weighted by Gasteiger charge is 2.17. The summed E-state index contributed by atoms with van der Waals surface area (Å²) < 4.78 is 2.66. The smallest absolute Gasteiger partial charge is 0.221 e. The van der Waals surface area contributed by atoms with Crippen LogP contribution in [-0.2, 0) is 6.54 Å². The third-order valence-corrected chi connectivity index (χ3v) is 5.70. The van der Waals surface area contributed by atoms with Crippen LogP contribution >= 0.6 is 39.7 Å². The molecule has 0 radical (unpaired) electrons. The summed E-state index contributed by atoms with van der Waals surface area (Å²) in [6, 6.07) is 21.1. The number of fused-ring (bicyclic) bond motifs is 1. The Morgan fingerprint density at radius 3 is 2.52 bits per heavy atom. The van der Waals surface area contributed by atoms with Gasteiger partial charge in [0.2, 0.25) is 11.0 Å². The minimum Gasteiger partial charge on any atom is -0.493 e. The van der Waals surface area contributed by atoms with Gasteiger partial charge in [-0.25, -0.2) is 0 Å². The van der Waals surface area contributed by atoms with Crippen LogP contribution in [0.4, 0.5) is 11.4 Å². The molecule has 0 bridgehead atoms. The van der Waals surface area contributed by atoms with E-state index in [1.54, 1.807) is 4.57 Å². The second kappa shape index (κ2) is 9.18. The van der Waals surface area contributed by atoms with Gasteiger partial charge in [0.05, 0.1) is 12.1 Å². The van der Waals surface area contributed by atoms with Crippen molar-refractivity contribution in [1.29, 1.82) is 0 Å². The largest absolute Gasteiger partial charge is 0.493 e. The number of nitrogens with one attached hydrogen (secondary N) is 1. The number of azo groups is 1. The molecular weight excluding hydrogens is 496 g/mol. The Bertz CT molecular complexity index is 1280. The predicted octanol–water partition coefficient (Wildman–Crippen LogP) is 7.60. The summed E-state index contributed by atoms with van der Waals surface area (Å²) in [6.07, 6.45) is 0. The molecule has 0 saturated heterocycles. The molecule has 0 aliphatic rings. The topological polar surface area (TPSA) is 61.9 Å². The van der Waals surface area contributed by atoms with Gasteiger partial charge in [-0.3, -0.25) is 0 Å². The number of aryl methyl sites for hydroxylation is 1. The van der Waals surface area contributed by atoms with Gasteiger partial charge >= 0.3 is 0 Å². The molecule has 31 heavy (non-hydrogen) atoms. The van der Waals surface area contributed by atoms with Crippen LogP contribution in [0.25, 0.3) is 10.9 Å². The van der Waals surface area contributed by atoms with Crippen LogP contribution in [0.2, 0.25) is 5.02 Å². The fourth-order valence-corrected chi connectivity index (χ4v) is 3.85. The summed E-state index contributed by atoms with van der Waals surface area (Å²) in [6.45, 7) is 2.48. The average Bonchev–Trinajstić information content (AvgIpc) is 3.00. The molecule has 0 spiro atoms. The highest BCUT2D eigenvalue weighted by molar-refractivity contribution is 9.10. The van der Waals surface area contributed by atoms with Crippen LogP contribution in [-0.4, -0.2) is 14.8 Å². The minimum absolute atomic E-state index is 0.0185. The number of anilines is 1. The number of hydrogen-bond donors (Lipinski definition) is 2. The molecule has 1 heterocycles. The van der Waals surface area contributed by atoms with Crippen molar-refractivity contribution in [3.05, 3.63) is 87.4 Å². The molecule has 4 aromatic rings. The molecule has 0 fully saturated rings. The molecule has 2 N–H and O–H groups in total. The van der Waals surface area contributed by atoms with Crippen molar-refractivity contribution in [2.75, 3.05) is 5.32 Å². The van der Waals surface area contributed by atoms with Crippen LogP contribution < -0.4 is 5.32 Å². The molecule has 0 aliphatic heterocycles. The SMILES string of the molecule is Cc1ccc(NC(=S)N=Nc2c(O)n(Cc3ccc(Cl)cc3)c3ccc(Br)cc23)cc1. The lowest BCUT2D eigenvalue weighted by Crippen LogP contribution is -2.04. The molecule has 0 saturated carbocycles. The van der Waals surface area contributed by atoms with E-state index in [4.69, 9.17) is 23.8 Å². The Kier molecular flexibility index (Phi) is 6.36. The van der Waals surface area contributed by atoms with Gasteiger partial charge in [-0.1, -0.05) is 57.4 Å². The summed E-state index contributed by atoms with van der Waals surface area (Å²) in [5.41, 5.74) is 4.17. The maximum absolute atomic E-state index is 11.0. The Labute approximate surface area is 198 Å². The second-order valence-corrected chi connectivity index (χ2v) is 8.78. The number of thiocarbonyl (C=S) groups is 1. The van der Waals surface area contributed by atoms with Crippen molar-refractivity contribution in [2.24, 2.45) is 10.2 Å². The second-order valence-electron chi connectivity index (χ2n) is 7.04. The number of benzene rings is 3. The van der Waals surface area contributed by atoms with Crippen molar-refractivity contribution >= 4 is 67.1 Å². The van der Waals surface area contributed by atoms with Crippen LogP contribution in [0.5, 0.6) is 5.88 Å². The molecule has 156 valence electrons. The van der Waals surface area contributed by atoms with Crippen molar-refractivity contribution in [1.82, 2.24) is 4.57 Å². The third kappa shape index (κ3) is 4.95. The molecule has 4 rings (SSSR count). The van der Waals surface area contributed by atoms with Gasteiger partial charge in [-0.2, -0.15) is 0 Å². The Hall–Kier alpha value is -2.74. The molecule has 0 aliphatic carbocycles. The zero-order valence-corrected chi connectivity index (χ0v) is 19.7. The number of hydrogen-bond acceptors (Lipinski definition) is 3. The number of nitrogens with zero attached hydrogens (tertiary/aromatic N) is 3. The van der Waals surface area contributed by atoms with Gasteiger partial charge < -0.3 is 15.0 Å². The summed E-state index contributed by atoms with van der Waals surface area (Å²) in [4.78, 5) is 0. The van der Waals surface area contributed by atoms with Gasteiger partial charge in [-0.05, 0) is 67.2 Å². The van der Waals surface area contributed by atoms with E-state index >= 15 is 0 Å². The zero-order chi connectivity index (χ0) is 22.0. The van der Waals surface area contributed by atoms with Crippen molar-refractivity contribution in [3.8, 4) is 5.88 Å². The lowest BCUT2D eigenvalue weighted by molar-refractivity contribution is 0.429. The zero-order valence-electron chi connectivity index (χ0n) is 16.5. The summed E-state index contributed by atoms with van der Waals surface area (Å²) in [5, 5.41) is 24.0. The fraction of sp³-hybridized carbons (Fsp3) is 0.0870. The Balaban J connectivity index is 1.66. The minimum atomic E-state index is 0.0185. The molecule has 3 aromatic carbocycles. The molecule has 0 unspecified atom stereocenters. The standard InChI is InChI=1S/C23H18BrClN4OS/c1-14-2-9-18(10-3-14)26-23(31)28-27-21-19-12-16(24)6-11-20(19)29(22(21)30)13-15-4-7-17(25)8-5-15/h2-12,30H,13H2,1H3,(H,26,31). The van der Waals surface area contributed by atoms with Crippen molar-refractivity contribution in [3.63, 3.8) is 0 Å². The fourth-order valence-electron chi connectivity index (χ4n) is 3.21. The van der Waals surface area contributed by atoms with Gasteiger partial charge in [-0.15, -0.1) is 10.2 Å². The van der Waals surface area contributed by atoms with Crippen LogP contribution in [0.3, 0.4) is 0 Å². The Morgan fingerprint density at radius 1 is 1.10 bits per heavy atom. The molecule has 8 heteroatoms. The molecular formula is C23H18BrClN4OS. The number of halogens is 2. The molecule has 5 nitrogen and oxygen atoms in total. The van der Waals surface area contributed by atoms with E-state index in [1.165, 1.54) is 0 Å². The Morgan fingerprint density at radius 2 is 1.81 bits per heavy atom. The van der Waals surface area contributed by atoms with E-state index in [0.717, 1.165) is 32.2 Å². The normalized spacial score (nSPS) is 11.3. The van der Waals surface area contributed by atoms with E-state index in [1.807, 2.05) is 73.7 Å². The van der Waals surface area contributed by atoms with E-state index < -0.39 is 0 Å². The van der Waals surface area contributed by atoms with E-state index in [0.29, 0.717) is 17.3 Å². The maximum atomic E-state index is 11.0. The first-order valence-electron chi connectivity index (χ1n) is 9.45. The first kappa shape index (κ1) is 21.5. The first-order valence-corrected chi connectivity index (χ1v) is 11.0. The average molecular weight is 514 g/mol. The van der Waals surface area contributed by atoms with Crippen LogP contribution in [0.1, 0.15) is 11.1 Å². The summed E-state index contributed by atoms with van der Waals surface area (Å²) >= 11 is 14.8. The van der Waals surface area contributed by atoms with Crippen molar-refractivity contribution < 1.29 is 5.11 Å². The molecule has 1 aromatic heterocycles. The summed E-state index contributed by atoms with van der Waals surface area (Å²) in [7, 11) is 0. The molecule has 0 amide bonds. The number of aromatic hydroxyl groups is 1. The van der Waals surface area contributed by atoms with Gasteiger partial charge in [0, 0.05) is 20.6 Å². The van der Waals surface area contributed by atoms with E-state index in [-0.39, 0.29) is 11.0 Å². The monoisotopic (exact) mass is 512 g/mol. The number of rotatable bonds is 4. The van der Waals surface area contributed by atoms with Crippen LogP contribution in [0, 0.1) is 6.92 Å². The highest BCUT2D eigenvalue weighted by Crippen LogP contribution is 2.40. The third-order valence-electron chi connectivity index (χ3n) is 4.77. The van der Waals surface area contributed by atoms with E-state index in [2.05, 4.69) is 31.5 Å². The number of aromatic nitrogens is 1. The predicted molar refractivity (Wildman–Crippen MR) is 134 cm³/mol. The maximum Gasteiger partial charge on any atom is 0.221 e. The first-order chi connectivity index (χ1) is 14.9. The van der Waals surface area contributed by atoms with Crippen LogP contribution in [0.15, 0.2) is 81.4 Å². The molecule has 0 atom stereocenters.